The van der Waals surface area contributed by atoms with Crippen LogP contribution in [-0.4, -0.2) is 76.0 Å². The highest BCUT2D eigenvalue weighted by atomic mass is 31.0. The fourth-order valence-corrected chi connectivity index (χ4v) is 9.13. The molecule has 3 N–H and O–H groups in total. The molecule has 8 atom stereocenters. The van der Waals surface area contributed by atoms with Gasteiger partial charge in [0.1, 0.15) is 6.04 Å². The molecule has 3 aliphatic carbocycles. The summed E-state index contributed by atoms with van der Waals surface area (Å²) in [4.78, 5) is 15.8. The number of carbonyl (C=O) groups is 1. The highest BCUT2D eigenvalue weighted by Gasteiger charge is 2.54. The Labute approximate surface area is 216 Å². The molecule has 3 saturated heterocycles. The second-order valence-electron chi connectivity index (χ2n) is 12.8. The van der Waals surface area contributed by atoms with Gasteiger partial charge in [0.2, 0.25) is 5.91 Å². The van der Waals surface area contributed by atoms with Crippen molar-refractivity contribution in [2.45, 2.75) is 125 Å². The zero-order chi connectivity index (χ0) is 25.0. The first-order valence-electron chi connectivity index (χ1n) is 14.7. The van der Waals surface area contributed by atoms with E-state index in [-0.39, 0.29) is 24.9 Å². The molecule has 0 aromatic carbocycles. The monoisotopic (exact) mass is 526 g/mol. The van der Waals surface area contributed by atoms with Crippen LogP contribution in [-0.2, 0) is 4.79 Å². The van der Waals surface area contributed by atoms with E-state index in [9.17, 15) is 18.7 Å². The van der Waals surface area contributed by atoms with E-state index in [1.54, 1.807) is 0 Å². The van der Waals surface area contributed by atoms with Gasteiger partial charge in [-0.25, -0.2) is 13.8 Å². The fourth-order valence-electron chi connectivity index (χ4n) is 8.79. The smallest absolute Gasteiger partial charge is 0.276 e. The highest BCUT2D eigenvalue weighted by molar-refractivity contribution is 7.18. The zero-order valence-electron chi connectivity index (χ0n) is 21.5. The lowest BCUT2D eigenvalue weighted by molar-refractivity contribution is -0.146. The normalized spacial score (nSPS) is 44.6. The number of hydrogen-bond donors (Lipinski definition) is 3. The van der Waals surface area contributed by atoms with Gasteiger partial charge in [0.15, 0.2) is 0 Å². The van der Waals surface area contributed by atoms with Crippen LogP contribution in [0.4, 0.5) is 8.78 Å². The average Bonchev–Trinajstić information content (AvgIpc) is 3.05. The van der Waals surface area contributed by atoms with Crippen molar-refractivity contribution >= 4 is 15.1 Å². The first kappa shape index (κ1) is 25.9. The Morgan fingerprint density at radius 1 is 0.917 bits per heavy atom. The van der Waals surface area contributed by atoms with E-state index in [0.29, 0.717) is 24.0 Å². The predicted octanol–water partition coefficient (Wildman–Crippen LogP) is 3.50. The van der Waals surface area contributed by atoms with Gasteiger partial charge in [-0.15, -0.1) is 0 Å². The largest absolute Gasteiger partial charge is 0.391 e. The summed E-state index contributed by atoms with van der Waals surface area (Å²) in [6, 6.07) is 0.432. The molecule has 36 heavy (non-hydrogen) atoms. The molecule has 6 fully saturated rings. The lowest BCUT2D eigenvalue weighted by Crippen LogP contribution is -2.61. The number of alkyl halides is 2. The van der Waals surface area contributed by atoms with Gasteiger partial charge in [-0.05, 0) is 63.2 Å². The third-order valence-corrected chi connectivity index (χ3v) is 11.2. The lowest BCUT2D eigenvalue weighted by atomic mass is 9.69. The number of nitrogens with zero attached hydrogens (tertiary/aromatic N) is 2. The average molecular weight is 527 g/mol. The Morgan fingerprint density at radius 3 is 2.31 bits per heavy atom. The third kappa shape index (κ3) is 4.76. The number of piperidine rings is 2. The maximum Gasteiger partial charge on any atom is 0.276 e. The molecule has 6 rings (SSSR count). The summed E-state index contributed by atoms with van der Waals surface area (Å²) in [6.07, 6.45) is 14.1. The molecular weight excluding hydrogens is 481 g/mol. The van der Waals surface area contributed by atoms with E-state index in [1.165, 1.54) is 67.0 Å². The zero-order valence-corrected chi connectivity index (χ0v) is 22.6. The van der Waals surface area contributed by atoms with Crippen molar-refractivity contribution < 1.29 is 18.7 Å². The molecule has 6 aliphatic rings. The predicted molar refractivity (Wildman–Crippen MR) is 138 cm³/mol. The first-order valence-corrected chi connectivity index (χ1v) is 15.3. The first-order chi connectivity index (χ1) is 17.3. The molecule has 0 spiro atoms. The van der Waals surface area contributed by atoms with Gasteiger partial charge in [-0.2, -0.15) is 0 Å². The third-order valence-electron chi connectivity index (χ3n) is 10.8. The number of likely N-dealkylation sites (tertiary alicyclic amines) is 1. The number of aliphatic hydroxyl groups excluding tert-OH is 1. The van der Waals surface area contributed by atoms with Crippen molar-refractivity contribution in [1.82, 2.24) is 20.7 Å². The number of halogens is 2. The quantitative estimate of drug-likeness (QED) is 0.490. The van der Waals surface area contributed by atoms with Crippen molar-refractivity contribution in [3.8, 4) is 0 Å². The van der Waals surface area contributed by atoms with E-state index in [2.05, 4.69) is 20.7 Å². The molecule has 9 heteroatoms. The maximum atomic E-state index is 13.8. The van der Waals surface area contributed by atoms with Crippen molar-refractivity contribution in [2.75, 3.05) is 13.1 Å². The van der Waals surface area contributed by atoms with Crippen LogP contribution in [0.1, 0.15) is 83.5 Å². The summed E-state index contributed by atoms with van der Waals surface area (Å²) in [6.45, 7) is 0.947. The number of amides is 1. The van der Waals surface area contributed by atoms with Gasteiger partial charge in [-0.3, -0.25) is 10.2 Å². The van der Waals surface area contributed by atoms with Gasteiger partial charge in [-0.1, -0.05) is 41.3 Å². The molecule has 0 bridgehead atoms. The van der Waals surface area contributed by atoms with E-state index in [1.807, 2.05) is 0 Å². The summed E-state index contributed by atoms with van der Waals surface area (Å²) >= 11 is 0. The summed E-state index contributed by atoms with van der Waals surface area (Å²) in [5.41, 5.74) is 0.885. The summed E-state index contributed by atoms with van der Waals surface area (Å²) < 4.78 is 27.6. The summed E-state index contributed by atoms with van der Waals surface area (Å²) in [5.74, 6) is 2.00. The van der Waals surface area contributed by atoms with E-state index in [4.69, 9.17) is 0 Å². The number of rotatable bonds is 4. The Balaban J connectivity index is 1.12. The number of nitrogens with one attached hydrogen (secondary N) is 2. The van der Waals surface area contributed by atoms with Crippen LogP contribution in [0.3, 0.4) is 0 Å². The topological polar surface area (TPSA) is 67.8 Å². The molecule has 7 unspecified atom stereocenters. The molecule has 0 aromatic heterocycles. The highest BCUT2D eigenvalue weighted by Crippen LogP contribution is 2.46. The minimum atomic E-state index is -3.09. The molecule has 0 radical (unpaired) electrons. The van der Waals surface area contributed by atoms with Crippen LogP contribution < -0.4 is 10.7 Å². The van der Waals surface area contributed by atoms with Crippen LogP contribution in [0, 0.1) is 23.7 Å². The molecule has 1 amide bonds. The molecule has 3 saturated carbocycles. The number of hydrogen-bond acceptors (Lipinski definition) is 5. The second-order valence-corrected chi connectivity index (χ2v) is 13.5. The van der Waals surface area contributed by atoms with Crippen molar-refractivity contribution in [1.29, 1.82) is 0 Å². The Hall–Kier alpha value is -0.400. The van der Waals surface area contributed by atoms with Crippen molar-refractivity contribution in [3.63, 3.8) is 0 Å². The molecule has 204 valence electrons. The van der Waals surface area contributed by atoms with Gasteiger partial charge in [0, 0.05) is 43.2 Å². The SMILES string of the molecule is O=C(C1CNC(C(F)(F)P)C(O)C1)N1CCC2C3C(CCCC[C@@H]31)NN2C1CCC(C2CCC2)CC1. The van der Waals surface area contributed by atoms with E-state index < -0.39 is 23.7 Å². The maximum absolute atomic E-state index is 13.8. The van der Waals surface area contributed by atoms with Crippen LogP contribution >= 0.6 is 9.24 Å². The van der Waals surface area contributed by atoms with E-state index in [0.717, 1.165) is 37.6 Å². The summed E-state index contributed by atoms with van der Waals surface area (Å²) in [5, 5.41) is 15.8. The second kappa shape index (κ2) is 10.3. The Kier molecular flexibility index (Phi) is 7.39. The van der Waals surface area contributed by atoms with Crippen molar-refractivity contribution in [3.05, 3.63) is 0 Å². The Morgan fingerprint density at radius 2 is 1.64 bits per heavy atom. The van der Waals surface area contributed by atoms with Gasteiger partial charge >= 0.3 is 0 Å². The van der Waals surface area contributed by atoms with Crippen LogP contribution in [0.15, 0.2) is 0 Å². The molecular formula is C27H45F2N4O2P. The number of aliphatic hydroxyl groups is 1. The summed E-state index contributed by atoms with van der Waals surface area (Å²) in [7, 11) is 1.52. The molecule has 6 nitrogen and oxygen atoms in total. The van der Waals surface area contributed by atoms with Gasteiger partial charge in [0.25, 0.3) is 5.66 Å². The lowest BCUT2D eigenvalue weighted by Gasteiger charge is -2.48. The van der Waals surface area contributed by atoms with Gasteiger partial charge < -0.3 is 15.3 Å². The van der Waals surface area contributed by atoms with Crippen molar-refractivity contribution in [2.24, 2.45) is 23.7 Å². The Bertz CT molecular complexity index is 803. The minimum Gasteiger partial charge on any atom is -0.391 e. The standard InChI is InChI=1S/C27H45F2N4O2P/c28-27(29,36)25-23(34)14-18(15-30-25)26(35)32-13-12-22-24-20(6-1-2-7-21(24)32)31-33(22)19-10-8-17(9-11-19)16-4-3-5-16/h16-25,30-31,34H,1-15,36H2/t17?,18?,19?,20?,21-,22?,23?,24?,25?/m0/s1. The van der Waals surface area contributed by atoms with Gasteiger partial charge in [0.05, 0.1) is 12.0 Å². The van der Waals surface area contributed by atoms with Crippen LogP contribution in [0.25, 0.3) is 0 Å². The van der Waals surface area contributed by atoms with Crippen LogP contribution in [0.5, 0.6) is 0 Å². The number of hydrazine groups is 1. The molecule has 0 aromatic rings. The number of carbonyl (C=O) groups excluding carboxylic acids is 1. The molecule has 3 heterocycles. The van der Waals surface area contributed by atoms with Crippen LogP contribution in [0.2, 0.25) is 0 Å². The van der Waals surface area contributed by atoms with E-state index >= 15 is 0 Å². The fraction of sp³-hybridized carbons (Fsp3) is 0.963. The minimum absolute atomic E-state index is 0.0515. The molecule has 3 aliphatic heterocycles.